The van der Waals surface area contributed by atoms with E-state index in [1.165, 1.54) is 0 Å². The van der Waals surface area contributed by atoms with Crippen LogP contribution in [0.4, 0.5) is 0 Å². The summed E-state index contributed by atoms with van der Waals surface area (Å²) in [7, 11) is 0. The molecule has 3 nitrogen and oxygen atoms in total. The maximum atomic E-state index is 11.6. The minimum atomic E-state index is -0.373. The van der Waals surface area contributed by atoms with Gasteiger partial charge >= 0.3 is 0 Å². The van der Waals surface area contributed by atoms with Crippen LogP contribution in [0.25, 0.3) is 0 Å². The van der Waals surface area contributed by atoms with E-state index in [2.05, 4.69) is 5.32 Å². The van der Waals surface area contributed by atoms with Crippen molar-refractivity contribution in [2.45, 2.75) is 25.9 Å². The molecule has 0 aromatic carbocycles. The van der Waals surface area contributed by atoms with E-state index in [-0.39, 0.29) is 12.0 Å². The molecule has 0 saturated heterocycles. The summed E-state index contributed by atoms with van der Waals surface area (Å²) in [4.78, 5) is 11.6. The van der Waals surface area contributed by atoms with Crippen LogP contribution in [0.1, 0.15) is 30.1 Å². The molecule has 2 N–H and O–H groups in total. The molecule has 90 valence electrons. The van der Waals surface area contributed by atoms with Crippen molar-refractivity contribution in [1.29, 1.82) is 0 Å². The van der Waals surface area contributed by atoms with E-state index < -0.39 is 0 Å². The zero-order chi connectivity index (χ0) is 12.1. The van der Waals surface area contributed by atoms with Crippen molar-refractivity contribution in [2.75, 3.05) is 6.54 Å². The number of carbonyl (C=O) groups is 1. The smallest absolute Gasteiger partial charge is 0.253 e. The van der Waals surface area contributed by atoms with Crippen molar-refractivity contribution in [3.05, 3.63) is 20.3 Å². The standard InChI is InChI=1S/C10H13Cl2NO2S/c1-2-6(14)3-4-13-10(15)7-5-8(11)16-9(7)12/h5-6,14H,2-4H2,1H3,(H,13,15). The summed E-state index contributed by atoms with van der Waals surface area (Å²) in [5.41, 5.74) is 0.391. The predicted octanol–water partition coefficient (Wildman–Crippen LogP) is 2.95. The molecule has 1 atom stereocenters. The van der Waals surface area contributed by atoms with E-state index in [1.54, 1.807) is 6.07 Å². The van der Waals surface area contributed by atoms with Crippen LogP contribution < -0.4 is 5.32 Å². The number of aliphatic hydroxyl groups excluding tert-OH is 1. The Morgan fingerprint density at radius 3 is 2.81 bits per heavy atom. The molecule has 1 aromatic rings. The lowest BCUT2D eigenvalue weighted by Crippen LogP contribution is -2.26. The topological polar surface area (TPSA) is 49.3 Å². The molecule has 0 bridgehead atoms. The fourth-order valence-electron chi connectivity index (χ4n) is 1.15. The molecule has 0 aliphatic carbocycles. The van der Waals surface area contributed by atoms with Crippen LogP contribution in [0.2, 0.25) is 8.67 Å². The van der Waals surface area contributed by atoms with Crippen molar-refractivity contribution in [3.8, 4) is 0 Å². The quantitative estimate of drug-likeness (QED) is 0.872. The van der Waals surface area contributed by atoms with Gasteiger partial charge < -0.3 is 10.4 Å². The van der Waals surface area contributed by atoms with Crippen LogP contribution >= 0.6 is 34.5 Å². The number of carbonyl (C=O) groups excluding carboxylic acids is 1. The Balaban J connectivity index is 2.44. The second kappa shape index (κ2) is 6.45. The first-order valence-corrected chi connectivity index (χ1v) is 6.53. The summed E-state index contributed by atoms with van der Waals surface area (Å²) in [6, 6.07) is 1.54. The number of hydrogen-bond donors (Lipinski definition) is 2. The van der Waals surface area contributed by atoms with Gasteiger partial charge in [-0.1, -0.05) is 30.1 Å². The Labute approximate surface area is 108 Å². The third-order valence-corrected chi connectivity index (χ3v) is 3.62. The highest BCUT2D eigenvalue weighted by Gasteiger charge is 2.13. The normalized spacial score (nSPS) is 12.5. The van der Waals surface area contributed by atoms with E-state index in [0.29, 0.717) is 33.6 Å². The first-order chi connectivity index (χ1) is 7.54. The van der Waals surface area contributed by atoms with Crippen molar-refractivity contribution in [2.24, 2.45) is 0 Å². The molecular formula is C10H13Cl2NO2S. The van der Waals surface area contributed by atoms with E-state index in [1.807, 2.05) is 6.92 Å². The van der Waals surface area contributed by atoms with Gasteiger partial charge in [0.2, 0.25) is 0 Å². The van der Waals surface area contributed by atoms with Gasteiger partial charge in [-0.2, -0.15) is 0 Å². The lowest BCUT2D eigenvalue weighted by Gasteiger charge is -2.08. The monoisotopic (exact) mass is 281 g/mol. The summed E-state index contributed by atoms with van der Waals surface area (Å²) < 4.78 is 0.877. The average Bonchev–Trinajstić information content (AvgIpc) is 2.57. The number of nitrogens with one attached hydrogen (secondary N) is 1. The Kier molecular flexibility index (Phi) is 5.55. The molecule has 1 rings (SSSR count). The molecular weight excluding hydrogens is 269 g/mol. The Morgan fingerprint density at radius 2 is 2.31 bits per heavy atom. The molecule has 6 heteroatoms. The zero-order valence-electron chi connectivity index (χ0n) is 8.80. The molecule has 1 aromatic heterocycles. The van der Waals surface area contributed by atoms with Gasteiger partial charge in [-0.05, 0) is 18.9 Å². The van der Waals surface area contributed by atoms with Crippen molar-refractivity contribution in [3.63, 3.8) is 0 Å². The van der Waals surface area contributed by atoms with E-state index >= 15 is 0 Å². The van der Waals surface area contributed by atoms with E-state index in [4.69, 9.17) is 23.2 Å². The highest BCUT2D eigenvalue weighted by Crippen LogP contribution is 2.30. The summed E-state index contributed by atoms with van der Waals surface area (Å²) >= 11 is 12.7. The molecule has 0 radical (unpaired) electrons. The molecule has 0 fully saturated rings. The van der Waals surface area contributed by atoms with Crippen LogP contribution in [-0.4, -0.2) is 23.7 Å². The molecule has 1 heterocycles. The second-order valence-electron chi connectivity index (χ2n) is 3.34. The van der Waals surface area contributed by atoms with Crippen molar-refractivity contribution < 1.29 is 9.90 Å². The molecule has 1 unspecified atom stereocenters. The van der Waals surface area contributed by atoms with Gasteiger partial charge in [0.05, 0.1) is 16.0 Å². The molecule has 16 heavy (non-hydrogen) atoms. The Bertz CT molecular complexity index is 368. The predicted molar refractivity (Wildman–Crippen MR) is 67.6 cm³/mol. The van der Waals surface area contributed by atoms with Gasteiger partial charge in [0.25, 0.3) is 5.91 Å². The van der Waals surface area contributed by atoms with Crippen LogP contribution in [0.15, 0.2) is 6.07 Å². The first kappa shape index (κ1) is 13.8. The van der Waals surface area contributed by atoms with Gasteiger partial charge in [-0.15, -0.1) is 11.3 Å². The number of aliphatic hydroxyl groups is 1. The minimum Gasteiger partial charge on any atom is -0.393 e. The van der Waals surface area contributed by atoms with Crippen molar-refractivity contribution in [1.82, 2.24) is 5.32 Å². The van der Waals surface area contributed by atoms with Crippen LogP contribution in [-0.2, 0) is 0 Å². The third-order valence-electron chi connectivity index (χ3n) is 2.14. The summed E-state index contributed by atoms with van der Waals surface area (Å²) in [5, 5.41) is 12.0. The van der Waals surface area contributed by atoms with Gasteiger partial charge in [0, 0.05) is 6.54 Å². The van der Waals surface area contributed by atoms with Crippen LogP contribution in [0.5, 0.6) is 0 Å². The third kappa shape index (κ3) is 3.94. The maximum Gasteiger partial charge on any atom is 0.253 e. The minimum absolute atomic E-state index is 0.253. The van der Waals surface area contributed by atoms with Gasteiger partial charge in [0.15, 0.2) is 0 Å². The van der Waals surface area contributed by atoms with Gasteiger partial charge in [0.1, 0.15) is 4.34 Å². The second-order valence-corrected chi connectivity index (χ2v) is 5.63. The highest BCUT2D eigenvalue weighted by molar-refractivity contribution is 7.20. The lowest BCUT2D eigenvalue weighted by molar-refractivity contribution is 0.0942. The SMILES string of the molecule is CCC(O)CCNC(=O)c1cc(Cl)sc1Cl. The van der Waals surface area contributed by atoms with Crippen LogP contribution in [0.3, 0.4) is 0 Å². The van der Waals surface area contributed by atoms with Gasteiger partial charge in [-0.25, -0.2) is 0 Å². The average molecular weight is 282 g/mol. The zero-order valence-corrected chi connectivity index (χ0v) is 11.1. The maximum absolute atomic E-state index is 11.6. The number of halogens is 2. The Morgan fingerprint density at radius 1 is 1.62 bits per heavy atom. The highest BCUT2D eigenvalue weighted by atomic mass is 35.5. The summed E-state index contributed by atoms with van der Waals surface area (Å²) in [5.74, 6) is -0.253. The molecule has 0 aliphatic heterocycles. The number of hydrogen-bond acceptors (Lipinski definition) is 3. The van der Waals surface area contributed by atoms with Crippen LogP contribution in [0, 0.1) is 0 Å². The van der Waals surface area contributed by atoms with E-state index in [9.17, 15) is 9.90 Å². The fourth-order valence-corrected chi connectivity index (χ4v) is 2.61. The number of amides is 1. The first-order valence-electron chi connectivity index (χ1n) is 4.95. The molecule has 0 spiro atoms. The summed E-state index contributed by atoms with van der Waals surface area (Å²) in [6.45, 7) is 2.32. The molecule has 0 saturated carbocycles. The summed E-state index contributed by atoms with van der Waals surface area (Å²) in [6.07, 6.45) is 0.848. The van der Waals surface area contributed by atoms with E-state index in [0.717, 1.165) is 11.3 Å². The number of thiophene rings is 1. The molecule has 1 amide bonds. The number of rotatable bonds is 5. The van der Waals surface area contributed by atoms with Gasteiger partial charge in [-0.3, -0.25) is 4.79 Å². The Hall–Kier alpha value is -0.290. The largest absolute Gasteiger partial charge is 0.393 e. The fraction of sp³-hybridized carbons (Fsp3) is 0.500. The van der Waals surface area contributed by atoms with Crippen molar-refractivity contribution >= 4 is 40.4 Å². The lowest BCUT2D eigenvalue weighted by atomic mass is 10.2. The molecule has 0 aliphatic rings.